The van der Waals surface area contributed by atoms with Gasteiger partial charge in [-0.05, 0) is 17.7 Å². The molecule has 1 atom stereocenters. The highest BCUT2D eigenvalue weighted by Crippen LogP contribution is 2.18. The van der Waals surface area contributed by atoms with E-state index in [2.05, 4.69) is 5.32 Å². The molecular weight excluding hydrogens is 250 g/mol. The summed E-state index contributed by atoms with van der Waals surface area (Å²) in [6.07, 6.45) is 0. The fraction of sp³-hybridized carbons (Fsp3) is 0.250. The zero-order valence-electron chi connectivity index (χ0n) is 11.5. The van der Waals surface area contributed by atoms with Crippen molar-refractivity contribution in [2.24, 2.45) is 11.5 Å². The first-order chi connectivity index (χ1) is 9.78. The Hall–Kier alpha value is -2.04. The van der Waals surface area contributed by atoms with Crippen LogP contribution < -0.4 is 21.5 Å². The van der Waals surface area contributed by atoms with Crippen molar-refractivity contribution in [1.29, 1.82) is 0 Å². The number of benzene rings is 2. The van der Waals surface area contributed by atoms with Gasteiger partial charge in [-0.3, -0.25) is 0 Å². The molecular formula is C16H21N3O. The number of hydrogen-bond acceptors (Lipinski definition) is 4. The third kappa shape index (κ3) is 4.57. The van der Waals surface area contributed by atoms with E-state index in [0.717, 1.165) is 17.0 Å². The van der Waals surface area contributed by atoms with Crippen LogP contribution >= 0.6 is 0 Å². The average molecular weight is 271 g/mol. The van der Waals surface area contributed by atoms with E-state index in [0.29, 0.717) is 19.7 Å². The van der Waals surface area contributed by atoms with Crippen LogP contribution in [-0.4, -0.2) is 19.1 Å². The van der Waals surface area contributed by atoms with Crippen LogP contribution in [0.1, 0.15) is 5.56 Å². The molecule has 0 spiro atoms. The van der Waals surface area contributed by atoms with E-state index >= 15 is 0 Å². The maximum atomic E-state index is 5.77. The molecule has 20 heavy (non-hydrogen) atoms. The Kier molecular flexibility index (Phi) is 5.41. The third-order valence-corrected chi connectivity index (χ3v) is 2.95. The van der Waals surface area contributed by atoms with Gasteiger partial charge in [0.2, 0.25) is 0 Å². The first-order valence-corrected chi connectivity index (χ1v) is 6.74. The molecule has 0 amide bonds. The highest BCUT2D eigenvalue weighted by atomic mass is 16.5. The van der Waals surface area contributed by atoms with Crippen LogP contribution in [0.15, 0.2) is 54.6 Å². The van der Waals surface area contributed by atoms with Gasteiger partial charge in [-0.1, -0.05) is 36.4 Å². The van der Waals surface area contributed by atoms with Crippen molar-refractivity contribution in [3.8, 4) is 5.75 Å². The summed E-state index contributed by atoms with van der Waals surface area (Å²) in [6, 6.07) is 17.9. The summed E-state index contributed by atoms with van der Waals surface area (Å²) in [7, 11) is 0. The standard InChI is InChI=1S/C16H21N3O/c17-10-14(18)11-19-15-7-4-8-16(9-15)20-12-13-5-2-1-3-6-13/h1-9,14,19H,10-12,17-18H2. The van der Waals surface area contributed by atoms with E-state index in [-0.39, 0.29) is 6.04 Å². The van der Waals surface area contributed by atoms with Crippen LogP contribution in [-0.2, 0) is 6.61 Å². The van der Waals surface area contributed by atoms with Crippen molar-refractivity contribution >= 4 is 5.69 Å². The Balaban J connectivity index is 1.89. The van der Waals surface area contributed by atoms with Gasteiger partial charge in [-0.15, -0.1) is 0 Å². The van der Waals surface area contributed by atoms with E-state index in [1.165, 1.54) is 0 Å². The molecule has 0 fully saturated rings. The molecule has 5 N–H and O–H groups in total. The molecule has 0 bridgehead atoms. The molecule has 4 nitrogen and oxygen atoms in total. The molecule has 0 aliphatic rings. The van der Waals surface area contributed by atoms with E-state index < -0.39 is 0 Å². The Bertz CT molecular complexity index is 516. The molecule has 2 rings (SSSR count). The van der Waals surface area contributed by atoms with Crippen molar-refractivity contribution in [2.45, 2.75) is 12.6 Å². The summed E-state index contributed by atoms with van der Waals surface area (Å²) in [5.74, 6) is 0.833. The van der Waals surface area contributed by atoms with Crippen LogP contribution in [0, 0.1) is 0 Å². The topological polar surface area (TPSA) is 73.3 Å². The predicted octanol–water partition coefficient (Wildman–Crippen LogP) is 1.96. The molecule has 0 radical (unpaired) electrons. The van der Waals surface area contributed by atoms with Gasteiger partial charge in [0.1, 0.15) is 12.4 Å². The first-order valence-electron chi connectivity index (χ1n) is 6.74. The SMILES string of the molecule is NCC(N)CNc1cccc(OCc2ccccc2)c1. The average Bonchev–Trinajstić information content (AvgIpc) is 2.52. The quantitative estimate of drug-likeness (QED) is 0.720. The maximum Gasteiger partial charge on any atom is 0.121 e. The molecule has 0 heterocycles. The number of hydrogen-bond donors (Lipinski definition) is 3. The normalized spacial score (nSPS) is 11.9. The molecule has 106 valence electrons. The van der Waals surface area contributed by atoms with Crippen LogP contribution in [0.4, 0.5) is 5.69 Å². The van der Waals surface area contributed by atoms with Gasteiger partial charge in [0.05, 0.1) is 0 Å². The maximum absolute atomic E-state index is 5.77. The largest absolute Gasteiger partial charge is 0.489 e. The van der Waals surface area contributed by atoms with Crippen molar-refractivity contribution in [2.75, 3.05) is 18.4 Å². The molecule has 2 aromatic rings. The minimum Gasteiger partial charge on any atom is -0.489 e. The fourth-order valence-corrected chi connectivity index (χ4v) is 1.77. The monoisotopic (exact) mass is 271 g/mol. The Morgan fingerprint density at radius 3 is 2.60 bits per heavy atom. The molecule has 2 aromatic carbocycles. The predicted molar refractivity (Wildman–Crippen MR) is 82.7 cm³/mol. The van der Waals surface area contributed by atoms with Crippen LogP contribution in [0.3, 0.4) is 0 Å². The summed E-state index contributed by atoms with van der Waals surface area (Å²) in [5, 5.41) is 3.25. The molecule has 0 aromatic heterocycles. The summed E-state index contributed by atoms with van der Waals surface area (Å²) < 4.78 is 5.77. The Morgan fingerprint density at radius 2 is 1.85 bits per heavy atom. The molecule has 0 aliphatic heterocycles. The van der Waals surface area contributed by atoms with Gasteiger partial charge >= 0.3 is 0 Å². The lowest BCUT2D eigenvalue weighted by molar-refractivity contribution is 0.306. The van der Waals surface area contributed by atoms with Gasteiger partial charge in [-0.2, -0.15) is 0 Å². The second-order valence-electron chi connectivity index (χ2n) is 4.68. The zero-order chi connectivity index (χ0) is 14.2. The smallest absolute Gasteiger partial charge is 0.121 e. The Morgan fingerprint density at radius 1 is 1.05 bits per heavy atom. The van der Waals surface area contributed by atoms with Gasteiger partial charge in [0, 0.05) is 30.9 Å². The number of nitrogens with one attached hydrogen (secondary N) is 1. The summed E-state index contributed by atoms with van der Waals surface area (Å²) >= 11 is 0. The number of ether oxygens (including phenoxy) is 1. The lowest BCUT2D eigenvalue weighted by Gasteiger charge is -2.13. The van der Waals surface area contributed by atoms with E-state index in [9.17, 15) is 0 Å². The van der Waals surface area contributed by atoms with Gasteiger partial charge < -0.3 is 21.5 Å². The highest BCUT2D eigenvalue weighted by Gasteiger charge is 2.01. The highest BCUT2D eigenvalue weighted by molar-refractivity contribution is 5.48. The third-order valence-electron chi connectivity index (χ3n) is 2.95. The zero-order valence-corrected chi connectivity index (χ0v) is 11.5. The number of rotatable bonds is 7. The van der Waals surface area contributed by atoms with Crippen LogP contribution in [0.25, 0.3) is 0 Å². The molecule has 0 aliphatic carbocycles. The van der Waals surface area contributed by atoms with Crippen LogP contribution in [0.2, 0.25) is 0 Å². The molecule has 0 saturated carbocycles. The minimum atomic E-state index is -0.0381. The van der Waals surface area contributed by atoms with E-state index in [4.69, 9.17) is 16.2 Å². The second-order valence-corrected chi connectivity index (χ2v) is 4.68. The molecule has 1 unspecified atom stereocenters. The van der Waals surface area contributed by atoms with Crippen molar-refractivity contribution in [1.82, 2.24) is 0 Å². The summed E-state index contributed by atoms with van der Waals surface area (Å²) in [4.78, 5) is 0. The van der Waals surface area contributed by atoms with Gasteiger partial charge in [0.15, 0.2) is 0 Å². The van der Waals surface area contributed by atoms with Crippen molar-refractivity contribution in [3.05, 3.63) is 60.2 Å². The minimum absolute atomic E-state index is 0.0381. The van der Waals surface area contributed by atoms with Gasteiger partial charge in [-0.25, -0.2) is 0 Å². The summed E-state index contributed by atoms with van der Waals surface area (Å²) in [6.45, 7) is 1.68. The lowest BCUT2D eigenvalue weighted by Crippen LogP contribution is -2.36. The van der Waals surface area contributed by atoms with Crippen molar-refractivity contribution < 1.29 is 4.74 Å². The van der Waals surface area contributed by atoms with Crippen molar-refractivity contribution in [3.63, 3.8) is 0 Å². The van der Waals surface area contributed by atoms with Gasteiger partial charge in [0.25, 0.3) is 0 Å². The van der Waals surface area contributed by atoms with Crippen LogP contribution in [0.5, 0.6) is 5.75 Å². The summed E-state index contributed by atoms with van der Waals surface area (Å²) in [5.41, 5.74) is 13.4. The first kappa shape index (κ1) is 14.4. The Labute approximate surface area is 119 Å². The fourth-order valence-electron chi connectivity index (χ4n) is 1.77. The van der Waals surface area contributed by atoms with E-state index in [1.807, 2.05) is 54.6 Å². The second kappa shape index (κ2) is 7.53. The molecule has 0 saturated heterocycles. The van der Waals surface area contributed by atoms with E-state index in [1.54, 1.807) is 0 Å². The lowest BCUT2D eigenvalue weighted by atomic mass is 10.2. The number of anilines is 1. The number of nitrogens with two attached hydrogens (primary N) is 2. The molecule has 4 heteroatoms.